The van der Waals surface area contributed by atoms with E-state index in [-0.39, 0.29) is 29.2 Å². The molecule has 1 aliphatic rings. The molecule has 2 rings (SSSR count). The van der Waals surface area contributed by atoms with Crippen LogP contribution in [0.2, 0.25) is 0 Å². The molecule has 0 aliphatic carbocycles. The number of aliphatic hydroxyl groups is 1. The maximum Gasteiger partial charge on any atom is 0.144 e. The number of nitrogens with one attached hydrogen (secondary N) is 1. The third-order valence-electron chi connectivity index (χ3n) is 3.53. The summed E-state index contributed by atoms with van der Waals surface area (Å²) in [7, 11) is 0. The quantitative estimate of drug-likeness (QED) is 0.830. The fourth-order valence-electron chi connectivity index (χ4n) is 2.14. The summed E-state index contributed by atoms with van der Waals surface area (Å²) in [5.74, 6) is -1.22. The summed E-state index contributed by atoms with van der Waals surface area (Å²) in [5.41, 5.74) is -1.01. The summed E-state index contributed by atoms with van der Waals surface area (Å²) in [4.78, 5) is 0. The lowest BCUT2D eigenvalue weighted by Crippen LogP contribution is -2.45. The molecule has 3 nitrogen and oxygen atoms in total. The molecule has 1 fully saturated rings. The average Bonchev–Trinajstić information content (AvgIpc) is 2.69. The van der Waals surface area contributed by atoms with Crippen LogP contribution in [0.3, 0.4) is 0 Å². The molecule has 2 unspecified atom stereocenters. The van der Waals surface area contributed by atoms with Gasteiger partial charge in [0.2, 0.25) is 0 Å². The van der Waals surface area contributed by atoms with E-state index in [4.69, 9.17) is 4.74 Å². The second kappa shape index (κ2) is 5.83. The van der Waals surface area contributed by atoms with Gasteiger partial charge in [-0.05, 0) is 35.0 Å². The zero-order valence-electron chi connectivity index (χ0n) is 10.5. The molecule has 19 heavy (non-hydrogen) atoms. The molecule has 0 spiro atoms. The van der Waals surface area contributed by atoms with Crippen molar-refractivity contribution >= 4 is 15.9 Å². The van der Waals surface area contributed by atoms with Crippen molar-refractivity contribution in [2.75, 3.05) is 13.2 Å². The largest absolute Gasteiger partial charge is 0.386 e. The van der Waals surface area contributed by atoms with Crippen molar-refractivity contribution in [2.45, 2.75) is 31.6 Å². The second-order valence-electron chi connectivity index (χ2n) is 4.79. The Bertz CT molecular complexity index is 472. The van der Waals surface area contributed by atoms with E-state index in [1.807, 2.05) is 0 Å². The van der Waals surface area contributed by atoms with Gasteiger partial charge in [-0.15, -0.1) is 0 Å². The maximum absolute atomic E-state index is 13.7. The zero-order chi connectivity index (χ0) is 14.0. The molecule has 6 heteroatoms. The molecular formula is C13H16BrF2NO2. The maximum atomic E-state index is 13.7. The van der Waals surface area contributed by atoms with Crippen LogP contribution >= 0.6 is 15.9 Å². The molecule has 0 radical (unpaired) electrons. The summed E-state index contributed by atoms with van der Waals surface area (Å²) in [6.07, 6.45) is 0.238. The van der Waals surface area contributed by atoms with Crippen molar-refractivity contribution in [3.63, 3.8) is 0 Å². The van der Waals surface area contributed by atoms with E-state index in [1.165, 1.54) is 12.1 Å². The molecular weight excluding hydrogens is 320 g/mol. The van der Waals surface area contributed by atoms with Gasteiger partial charge in [0.1, 0.15) is 17.2 Å². The van der Waals surface area contributed by atoms with E-state index in [1.54, 1.807) is 6.92 Å². The minimum absolute atomic E-state index is 0.0200. The second-order valence-corrected chi connectivity index (χ2v) is 5.65. The van der Waals surface area contributed by atoms with Gasteiger partial charge in [0.25, 0.3) is 0 Å². The molecule has 1 aliphatic heterocycles. The molecule has 0 bridgehead atoms. The molecule has 2 N–H and O–H groups in total. The van der Waals surface area contributed by atoms with Crippen LogP contribution in [0.1, 0.15) is 18.9 Å². The Labute approximate surface area is 119 Å². The molecule has 1 aromatic rings. The van der Waals surface area contributed by atoms with Gasteiger partial charge in [-0.1, -0.05) is 0 Å². The predicted molar refractivity (Wildman–Crippen MR) is 70.7 cm³/mol. The standard InChI is InChI=1S/C13H16BrF2NO2/c1-8-13(18,4-5-19-8)7-17-6-9-11(15)3-2-10(14)12(9)16/h2-3,8,17-18H,4-7H2,1H3. The molecule has 1 heterocycles. The Morgan fingerprint density at radius 3 is 2.89 bits per heavy atom. The number of hydrogen-bond donors (Lipinski definition) is 2. The lowest BCUT2D eigenvalue weighted by molar-refractivity contribution is -0.0263. The Balaban J connectivity index is 1.98. The molecule has 2 atom stereocenters. The Morgan fingerprint density at radius 2 is 2.26 bits per heavy atom. The van der Waals surface area contributed by atoms with E-state index in [0.717, 1.165) is 0 Å². The molecule has 0 saturated carbocycles. The highest BCUT2D eigenvalue weighted by Crippen LogP contribution is 2.25. The lowest BCUT2D eigenvalue weighted by atomic mass is 9.96. The third-order valence-corrected chi connectivity index (χ3v) is 4.14. The van der Waals surface area contributed by atoms with Gasteiger partial charge in [-0.2, -0.15) is 0 Å². The van der Waals surface area contributed by atoms with Crippen LogP contribution in [-0.4, -0.2) is 30.0 Å². The molecule has 1 saturated heterocycles. The van der Waals surface area contributed by atoms with Crippen LogP contribution in [-0.2, 0) is 11.3 Å². The first-order chi connectivity index (χ1) is 8.94. The smallest absolute Gasteiger partial charge is 0.144 e. The van der Waals surface area contributed by atoms with E-state index in [9.17, 15) is 13.9 Å². The van der Waals surface area contributed by atoms with Crippen molar-refractivity contribution in [1.29, 1.82) is 0 Å². The summed E-state index contributed by atoms with van der Waals surface area (Å²) in [6, 6.07) is 2.54. The van der Waals surface area contributed by atoms with Crippen LogP contribution in [0.15, 0.2) is 16.6 Å². The number of ether oxygens (including phenoxy) is 1. The van der Waals surface area contributed by atoms with Crippen LogP contribution in [0.25, 0.3) is 0 Å². The van der Waals surface area contributed by atoms with Crippen LogP contribution in [0.5, 0.6) is 0 Å². The molecule has 1 aromatic carbocycles. The number of benzene rings is 1. The highest BCUT2D eigenvalue weighted by Gasteiger charge is 2.39. The van der Waals surface area contributed by atoms with Crippen molar-refractivity contribution in [3.8, 4) is 0 Å². The normalized spacial score (nSPS) is 26.9. The summed E-state index contributed by atoms with van der Waals surface area (Å²) in [5, 5.41) is 13.1. The highest BCUT2D eigenvalue weighted by molar-refractivity contribution is 9.10. The summed E-state index contributed by atoms with van der Waals surface area (Å²) in [6.45, 7) is 2.54. The van der Waals surface area contributed by atoms with Crippen LogP contribution < -0.4 is 5.32 Å². The number of rotatable bonds is 4. The minimum atomic E-state index is -0.973. The first kappa shape index (κ1) is 14.8. The Hall–Kier alpha value is -0.560. The van der Waals surface area contributed by atoms with Crippen LogP contribution in [0, 0.1) is 11.6 Å². The van der Waals surface area contributed by atoms with Gasteiger partial charge in [-0.25, -0.2) is 8.78 Å². The third kappa shape index (κ3) is 3.13. The monoisotopic (exact) mass is 335 g/mol. The molecule has 0 aromatic heterocycles. The molecule has 106 valence electrons. The summed E-state index contributed by atoms with van der Waals surface area (Å²) < 4.78 is 32.8. The SMILES string of the molecule is CC1OCCC1(O)CNCc1c(F)ccc(Br)c1F. The zero-order valence-corrected chi connectivity index (χ0v) is 12.1. The van der Waals surface area contributed by atoms with E-state index < -0.39 is 17.2 Å². The van der Waals surface area contributed by atoms with Gasteiger partial charge >= 0.3 is 0 Å². The van der Waals surface area contributed by atoms with Gasteiger partial charge in [0.15, 0.2) is 0 Å². The lowest BCUT2D eigenvalue weighted by Gasteiger charge is -2.26. The van der Waals surface area contributed by atoms with Crippen molar-refractivity contribution in [1.82, 2.24) is 5.32 Å². The topological polar surface area (TPSA) is 41.5 Å². The van der Waals surface area contributed by atoms with E-state index in [0.29, 0.717) is 13.0 Å². The van der Waals surface area contributed by atoms with Gasteiger partial charge in [0.05, 0.1) is 10.6 Å². The molecule has 0 amide bonds. The van der Waals surface area contributed by atoms with Gasteiger partial charge < -0.3 is 15.2 Å². The van der Waals surface area contributed by atoms with E-state index in [2.05, 4.69) is 21.2 Å². The average molecular weight is 336 g/mol. The van der Waals surface area contributed by atoms with Crippen molar-refractivity contribution < 1.29 is 18.6 Å². The fourth-order valence-corrected chi connectivity index (χ4v) is 2.51. The highest BCUT2D eigenvalue weighted by atomic mass is 79.9. The van der Waals surface area contributed by atoms with Gasteiger partial charge in [0, 0.05) is 31.7 Å². The number of hydrogen-bond acceptors (Lipinski definition) is 3. The fraction of sp³-hybridized carbons (Fsp3) is 0.538. The van der Waals surface area contributed by atoms with Crippen molar-refractivity contribution in [2.24, 2.45) is 0 Å². The van der Waals surface area contributed by atoms with E-state index >= 15 is 0 Å². The first-order valence-corrected chi connectivity index (χ1v) is 6.90. The van der Waals surface area contributed by atoms with Gasteiger partial charge in [-0.3, -0.25) is 0 Å². The minimum Gasteiger partial charge on any atom is -0.386 e. The Kier molecular flexibility index (Phi) is 4.55. The van der Waals surface area contributed by atoms with Crippen LogP contribution in [0.4, 0.5) is 8.78 Å². The van der Waals surface area contributed by atoms with Crippen molar-refractivity contribution in [3.05, 3.63) is 33.8 Å². The first-order valence-electron chi connectivity index (χ1n) is 6.11. The summed E-state index contributed by atoms with van der Waals surface area (Å²) >= 11 is 3.02. The number of halogens is 3. The Morgan fingerprint density at radius 1 is 1.53 bits per heavy atom. The predicted octanol–water partition coefficient (Wildman–Crippen LogP) is 2.36.